The number of nitrogens with one attached hydrogen (secondary N) is 1. The first kappa shape index (κ1) is 27.0. The lowest BCUT2D eigenvalue weighted by Crippen LogP contribution is -2.48. The fourth-order valence-corrected chi connectivity index (χ4v) is 5.02. The van der Waals surface area contributed by atoms with Crippen molar-refractivity contribution in [3.05, 3.63) is 64.1 Å². The number of amides is 2. The van der Waals surface area contributed by atoms with Crippen molar-refractivity contribution < 1.29 is 18.0 Å². The maximum absolute atomic E-state index is 13.3. The second-order valence-corrected chi connectivity index (χ2v) is 10.3. The highest BCUT2D eigenvalue weighted by atomic mass is 35.5. The number of benzene rings is 2. The summed E-state index contributed by atoms with van der Waals surface area (Å²) in [6.45, 7) is 2.01. The summed E-state index contributed by atoms with van der Waals surface area (Å²) in [6, 6.07) is 13.1. The molecule has 1 N–H and O–H groups in total. The zero-order valence-electron chi connectivity index (χ0n) is 18.9. The van der Waals surface area contributed by atoms with Gasteiger partial charge in [0.2, 0.25) is 21.8 Å². The van der Waals surface area contributed by atoms with Gasteiger partial charge < -0.3 is 10.2 Å². The highest BCUT2D eigenvalue weighted by Gasteiger charge is 2.29. The number of carbonyl (C=O) groups is 2. The highest BCUT2D eigenvalue weighted by Crippen LogP contribution is 2.27. The van der Waals surface area contributed by atoms with Crippen molar-refractivity contribution in [1.29, 1.82) is 0 Å². The van der Waals surface area contributed by atoms with Crippen LogP contribution in [0.1, 0.15) is 31.7 Å². The number of anilines is 1. The summed E-state index contributed by atoms with van der Waals surface area (Å²) in [5.41, 5.74) is 1.09. The standard InChI is InChI=1S/C23H29Cl2N3O4S/c1-4-21(23(30)26-2)27(16-18-19(24)12-8-13-20(18)25)22(29)14-9-15-28(33(3,31)32)17-10-6-5-7-11-17/h5-8,10-13,21H,4,9,14-16H2,1-3H3,(H,26,30)/t21-/m1/s1. The lowest BCUT2D eigenvalue weighted by molar-refractivity contribution is -0.141. The second kappa shape index (κ2) is 12.3. The van der Waals surface area contributed by atoms with E-state index in [9.17, 15) is 18.0 Å². The number of halogens is 2. The van der Waals surface area contributed by atoms with E-state index in [1.54, 1.807) is 48.5 Å². The molecule has 0 radical (unpaired) electrons. The average molecular weight is 514 g/mol. The first-order valence-electron chi connectivity index (χ1n) is 10.6. The molecule has 2 aromatic carbocycles. The van der Waals surface area contributed by atoms with E-state index in [0.717, 1.165) is 6.26 Å². The van der Waals surface area contributed by atoms with Crippen molar-refractivity contribution in [2.24, 2.45) is 0 Å². The molecular weight excluding hydrogens is 485 g/mol. The second-order valence-electron chi connectivity index (χ2n) is 7.53. The van der Waals surface area contributed by atoms with Crippen LogP contribution in [0.2, 0.25) is 10.0 Å². The summed E-state index contributed by atoms with van der Waals surface area (Å²) in [4.78, 5) is 27.2. The third kappa shape index (κ3) is 7.35. The van der Waals surface area contributed by atoms with Crippen LogP contribution in [-0.4, -0.2) is 51.0 Å². The maximum Gasteiger partial charge on any atom is 0.242 e. The Kier molecular flexibility index (Phi) is 10.0. The van der Waals surface area contributed by atoms with Crippen molar-refractivity contribution in [2.75, 3.05) is 24.2 Å². The quantitative estimate of drug-likeness (QED) is 0.490. The lowest BCUT2D eigenvalue weighted by Gasteiger charge is -2.31. The molecule has 0 spiro atoms. The molecule has 180 valence electrons. The zero-order chi connectivity index (χ0) is 24.6. The fraction of sp³-hybridized carbons (Fsp3) is 0.391. The van der Waals surface area contributed by atoms with Crippen LogP contribution < -0.4 is 9.62 Å². The molecule has 0 fully saturated rings. The van der Waals surface area contributed by atoms with E-state index in [4.69, 9.17) is 23.2 Å². The molecule has 0 aliphatic rings. The summed E-state index contributed by atoms with van der Waals surface area (Å²) in [7, 11) is -2.01. The summed E-state index contributed by atoms with van der Waals surface area (Å²) >= 11 is 12.6. The Morgan fingerprint density at radius 1 is 1.03 bits per heavy atom. The monoisotopic (exact) mass is 513 g/mol. The predicted octanol–water partition coefficient (Wildman–Crippen LogP) is 4.09. The van der Waals surface area contributed by atoms with Gasteiger partial charge in [-0.1, -0.05) is 54.4 Å². The molecule has 2 amide bonds. The number of rotatable bonds is 11. The molecular formula is C23H29Cl2N3O4S. The first-order valence-corrected chi connectivity index (χ1v) is 13.2. The molecule has 10 heteroatoms. The Morgan fingerprint density at radius 2 is 1.64 bits per heavy atom. The number of hydrogen-bond acceptors (Lipinski definition) is 4. The minimum atomic E-state index is -3.52. The van der Waals surface area contributed by atoms with Crippen molar-refractivity contribution in [2.45, 2.75) is 38.8 Å². The third-order valence-electron chi connectivity index (χ3n) is 5.22. The molecule has 2 rings (SSSR count). The molecule has 7 nitrogen and oxygen atoms in total. The van der Waals surface area contributed by atoms with E-state index in [1.165, 1.54) is 16.3 Å². The normalized spacial score (nSPS) is 12.2. The topological polar surface area (TPSA) is 86.8 Å². The van der Waals surface area contributed by atoms with Gasteiger partial charge in [-0.15, -0.1) is 0 Å². The van der Waals surface area contributed by atoms with Gasteiger partial charge in [-0.25, -0.2) is 8.42 Å². The summed E-state index contributed by atoms with van der Waals surface area (Å²) in [5.74, 6) is -0.584. The molecule has 0 aliphatic carbocycles. The lowest BCUT2D eigenvalue weighted by atomic mass is 10.1. The van der Waals surface area contributed by atoms with Crippen LogP contribution in [0.3, 0.4) is 0 Å². The van der Waals surface area contributed by atoms with Gasteiger partial charge in [0.1, 0.15) is 6.04 Å². The van der Waals surface area contributed by atoms with Crippen LogP contribution in [0.15, 0.2) is 48.5 Å². The Morgan fingerprint density at radius 3 is 2.15 bits per heavy atom. The number of carbonyl (C=O) groups excluding carboxylic acids is 2. The minimum Gasteiger partial charge on any atom is -0.357 e. The minimum absolute atomic E-state index is 0.0500. The van der Waals surface area contributed by atoms with E-state index < -0.39 is 16.1 Å². The van der Waals surface area contributed by atoms with Crippen molar-refractivity contribution in [1.82, 2.24) is 10.2 Å². The molecule has 1 atom stereocenters. The van der Waals surface area contributed by atoms with Crippen molar-refractivity contribution in [3.8, 4) is 0 Å². The van der Waals surface area contributed by atoms with Crippen LogP contribution in [0, 0.1) is 0 Å². The Balaban J connectivity index is 2.22. The van der Waals surface area contributed by atoms with Crippen molar-refractivity contribution >= 4 is 50.7 Å². The largest absolute Gasteiger partial charge is 0.357 e. The predicted molar refractivity (Wildman–Crippen MR) is 133 cm³/mol. The average Bonchev–Trinajstić information content (AvgIpc) is 2.77. The van der Waals surface area contributed by atoms with E-state index in [-0.39, 0.29) is 37.7 Å². The number of likely N-dealkylation sites (N-methyl/N-ethyl adjacent to an activating group) is 1. The molecule has 33 heavy (non-hydrogen) atoms. The van der Waals surface area contributed by atoms with Crippen LogP contribution in [0.5, 0.6) is 0 Å². The van der Waals surface area contributed by atoms with Crippen LogP contribution in [0.4, 0.5) is 5.69 Å². The van der Waals surface area contributed by atoms with E-state index >= 15 is 0 Å². The van der Waals surface area contributed by atoms with Crippen molar-refractivity contribution in [3.63, 3.8) is 0 Å². The van der Waals surface area contributed by atoms with Gasteiger partial charge in [-0.05, 0) is 37.1 Å². The molecule has 0 aliphatic heterocycles. The first-order chi connectivity index (χ1) is 15.6. The summed E-state index contributed by atoms with van der Waals surface area (Å²) in [5, 5.41) is 3.40. The Bertz CT molecular complexity index is 1040. The van der Waals surface area contributed by atoms with Gasteiger partial charge in [-0.2, -0.15) is 0 Å². The van der Waals surface area contributed by atoms with Gasteiger partial charge >= 0.3 is 0 Å². The maximum atomic E-state index is 13.3. The molecule has 0 saturated heterocycles. The molecule has 0 unspecified atom stereocenters. The SMILES string of the molecule is CC[C@H](C(=O)NC)N(Cc1c(Cl)cccc1Cl)C(=O)CCCN(c1ccccc1)S(C)(=O)=O. The molecule has 2 aromatic rings. The van der Waals surface area contributed by atoms with Gasteiger partial charge in [0, 0.05) is 42.2 Å². The Labute approximate surface area is 205 Å². The van der Waals surface area contributed by atoms with E-state index in [0.29, 0.717) is 27.7 Å². The number of para-hydroxylation sites is 1. The summed E-state index contributed by atoms with van der Waals surface area (Å²) < 4.78 is 25.8. The molecule has 0 heterocycles. The molecule has 0 bridgehead atoms. The third-order valence-corrected chi connectivity index (χ3v) is 7.12. The van der Waals surface area contributed by atoms with E-state index in [2.05, 4.69) is 5.32 Å². The van der Waals surface area contributed by atoms with E-state index in [1.807, 2.05) is 6.92 Å². The fourth-order valence-electron chi connectivity index (χ4n) is 3.54. The van der Waals surface area contributed by atoms with Gasteiger partial charge in [-0.3, -0.25) is 13.9 Å². The van der Waals surface area contributed by atoms with Gasteiger partial charge in [0.15, 0.2) is 0 Å². The Hall–Kier alpha value is -2.29. The molecule has 0 saturated carbocycles. The summed E-state index contributed by atoms with van der Waals surface area (Å²) in [6.07, 6.45) is 1.85. The smallest absolute Gasteiger partial charge is 0.242 e. The zero-order valence-corrected chi connectivity index (χ0v) is 21.3. The number of sulfonamides is 1. The number of nitrogens with zero attached hydrogens (tertiary/aromatic N) is 2. The molecule has 0 aromatic heterocycles. The van der Waals surface area contributed by atoms with Gasteiger partial charge in [0.05, 0.1) is 11.9 Å². The number of hydrogen-bond donors (Lipinski definition) is 1. The van der Waals surface area contributed by atoms with Gasteiger partial charge in [0.25, 0.3) is 0 Å². The van der Waals surface area contributed by atoms with Crippen LogP contribution in [-0.2, 0) is 26.2 Å². The van der Waals surface area contributed by atoms with Crippen LogP contribution in [0.25, 0.3) is 0 Å². The highest BCUT2D eigenvalue weighted by molar-refractivity contribution is 7.92. The van der Waals surface area contributed by atoms with Crippen LogP contribution >= 0.6 is 23.2 Å².